The van der Waals surface area contributed by atoms with Crippen molar-refractivity contribution in [2.75, 3.05) is 6.54 Å². The molecule has 0 aliphatic carbocycles. The minimum atomic E-state index is -0.0998. The molecule has 0 saturated heterocycles. The number of aromatic nitrogens is 1. The predicted octanol–water partition coefficient (Wildman–Crippen LogP) is 2.62. The van der Waals surface area contributed by atoms with E-state index in [0.717, 1.165) is 20.3 Å². The Morgan fingerprint density at radius 3 is 2.86 bits per heavy atom. The fourth-order valence-electron chi connectivity index (χ4n) is 1.75. The lowest BCUT2D eigenvalue weighted by Gasteiger charge is -2.09. The lowest BCUT2D eigenvalue weighted by Crippen LogP contribution is -2.25. The minimum Gasteiger partial charge on any atom is -0.342 e. The highest BCUT2D eigenvalue weighted by Crippen LogP contribution is 2.23. The van der Waals surface area contributed by atoms with Crippen molar-refractivity contribution in [3.8, 4) is 11.8 Å². The van der Waals surface area contributed by atoms with E-state index in [-0.39, 0.29) is 11.9 Å². The first-order valence-corrected chi connectivity index (χ1v) is 8.17. The van der Waals surface area contributed by atoms with Gasteiger partial charge in [-0.05, 0) is 32.4 Å². The zero-order valence-electron chi connectivity index (χ0n) is 12.2. The van der Waals surface area contributed by atoms with E-state index in [0.29, 0.717) is 11.4 Å². The third kappa shape index (κ3) is 3.91. The summed E-state index contributed by atoms with van der Waals surface area (Å²) in [6, 6.07) is 1.76. The molecule has 1 amide bonds. The molecule has 2 aromatic rings. The molecule has 1 unspecified atom stereocenters. The molecule has 1 atom stereocenters. The highest BCUT2D eigenvalue weighted by Gasteiger charge is 2.16. The van der Waals surface area contributed by atoms with Crippen LogP contribution in [0.5, 0.6) is 0 Å². The summed E-state index contributed by atoms with van der Waals surface area (Å²) in [5.74, 6) is 5.71. The summed E-state index contributed by atoms with van der Waals surface area (Å²) in [4.78, 5) is 19.3. The summed E-state index contributed by atoms with van der Waals surface area (Å²) in [5, 5.41) is 3.88. The van der Waals surface area contributed by atoms with Gasteiger partial charge in [-0.2, -0.15) is 0 Å². The number of rotatable bonds is 3. The van der Waals surface area contributed by atoms with Crippen molar-refractivity contribution in [1.82, 2.24) is 10.3 Å². The van der Waals surface area contributed by atoms with Crippen LogP contribution in [-0.4, -0.2) is 17.4 Å². The summed E-state index contributed by atoms with van der Waals surface area (Å²) in [6.07, 6.45) is 1.82. The van der Waals surface area contributed by atoms with Gasteiger partial charge in [0.25, 0.3) is 5.91 Å². The van der Waals surface area contributed by atoms with Gasteiger partial charge in [-0.1, -0.05) is 11.8 Å². The van der Waals surface area contributed by atoms with Crippen LogP contribution >= 0.6 is 22.7 Å². The Labute approximate surface area is 132 Å². The number of hydrogen-bond donors (Lipinski definition) is 2. The third-order valence-electron chi connectivity index (χ3n) is 2.80. The molecule has 6 heteroatoms. The molecular weight excluding hydrogens is 302 g/mol. The smallest absolute Gasteiger partial charge is 0.261 e. The van der Waals surface area contributed by atoms with Crippen molar-refractivity contribution in [2.24, 2.45) is 5.73 Å². The quantitative estimate of drug-likeness (QED) is 0.855. The van der Waals surface area contributed by atoms with Crippen LogP contribution in [0.4, 0.5) is 0 Å². The van der Waals surface area contributed by atoms with Gasteiger partial charge in [0.2, 0.25) is 0 Å². The van der Waals surface area contributed by atoms with E-state index in [4.69, 9.17) is 5.73 Å². The Kier molecular flexibility index (Phi) is 5.12. The van der Waals surface area contributed by atoms with Crippen LogP contribution in [0.1, 0.15) is 43.0 Å². The largest absolute Gasteiger partial charge is 0.342 e. The van der Waals surface area contributed by atoms with Gasteiger partial charge in [0.05, 0.1) is 22.3 Å². The average molecular weight is 319 g/mol. The van der Waals surface area contributed by atoms with Crippen molar-refractivity contribution in [3.05, 3.63) is 37.5 Å². The Balaban J connectivity index is 2.10. The molecule has 0 saturated carbocycles. The predicted molar refractivity (Wildman–Crippen MR) is 87.7 cm³/mol. The number of amides is 1. The maximum absolute atomic E-state index is 12.3. The van der Waals surface area contributed by atoms with Gasteiger partial charge in [-0.15, -0.1) is 22.7 Å². The molecule has 0 aliphatic rings. The summed E-state index contributed by atoms with van der Waals surface area (Å²) in [5.41, 5.74) is 6.37. The van der Waals surface area contributed by atoms with Gasteiger partial charge in [0.1, 0.15) is 5.01 Å². The topological polar surface area (TPSA) is 68.0 Å². The van der Waals surface area contributed by atoms with Crippen LogP contribution in [0, 0.1) is 25.7 Å². The Bertz CT molecular complexity index is 706. The summed E-state index contributed by atoms with van der Waals surface area (Å²) < 4.78 is 0. The molecule has 21 heavy (non-hydrogen) atoms. The van der Waals surface area contributed by atoms with E-state index in [1.807, 2.05) is 33.0 Å². The van der Waals surface area contributed by atoms with Gasteiger partial charge < -0.3 is 11.1 Å². The molecule has 2 heterocycles. The van der Waals surface area contributed by atoms with Crippen molar-refractivity contribution in [3.63, 3.8) is 0 Å². The number of hydrogen-bond acceptors (Lipinski definition) is 5. The monoisotopic (exact) mass is 319 g/mol. The van der Waals surface area contributed by atoms with Gasteiger partial charge in [0.15, 0.2) is 0 Å². The van der Waals surface area contributed by atoms with Crippen molar-refractivity contribution in [2.45, 2.75) is 26.8 Å². The van der Waals surface area contributed by atoms with Crippen molar-refractivity contribution >= 4 is 28.6 Å². The first-order valence-electron chi connectivity index (χ1n) is 6.53. The van der Waals surface area contributed by atoms with Crippen LogP contribution in [0.3, 0.4) is 0 Å². The fraction of sp³-hybridized carbons (Fsp3) is 0.333. The van der Waals surface area contributed by atoms with Crippen LogP contribution in [0.2, 0.25) is 0 Å². The first kappa shape index (κ1) is 15.7. The molecule has 3 N–H and O–H groups in total. The number of nitrogens with one attached hydrogen (secondary N) is 1. The van der Waals surface area contributed by atoms with E-state index < -0.39 is 0 Å². The van der Waals surface area contributed by atoms with Gasteiger partial charge in [0, 0.05) is 11.1 Å². The van der Waals surface area contributed by atoms with Gasteiger partial charge in [-0.3, -0.25) is 4.79 Å². The second-order valence-electron chi connectivity index (χ2n) is 4.63. The molecule has 2 rings (SSSR count). The number of thiophene rings is 1. The molecule has 0 radical (unpaired) electrons. The van der Waals surface area contributed by atoms with E-state index in [1.165, 1.54) is 11.3 Å². The molecular formula is C15H17N3OS2. The number of nitrogens with two attached hydrogens (primary N) is 1. The van der Waals surface area contributed by atoms with Gasteiger partial charge >= 0.3 is 0 Å². The minimum absolute atomic E-state index is 0.0933. The number of nitrogens with zero attached hydrogens (tertiary/aromatic N) is 1. The van der Waals surface area contributed by atoms with E-state index in [2.05, 4.69) is 22.1 Å². The highest BCUT2D eigenvalue weighted by atomic mass is 32.1. The number of carbonyl (C=O) groups excluding carboxylic acids is 1. The Morgan fingerprint density at radius 1 is 1.48 bits per heavy atom. The maximum Gasteiger partial charge on any atom is 0.261 e. The standard InChI is InChI=1S/C15H17N3OS2/c1-9-7-13(21-12(9)5-4-6-16)14(19)18-11(3)15-17-8-10(2)20-15/h7-8,11H,6,16H2,1-3H3,(H,18,19). The normalized spacial score (nSPS) is 11.6. The molecule has 0 spiro atoms. The molecule has 0 aliphatic heterocycles. The molecule has 4 nitrogen and oxygen atoms in total. The molecule has 0 aromatic carbocycles. The second kappa shape index (κ2) is 6.85. The van der Waals surface area contributed by atoms with Crippen molar-refractivity contribution in [1.29, 1.82) is 0 Å². The molecule has 0 fully saturated rings. The van der Waals surface area contributed by atoms with Gasteiger partial charge in [-0.25, -0.2) is 4.98 Å². The molecule has 110 valence electrons. The number of aryl methyl sites for hydroxylation is 2. The zero-order chi connectivity index (χ0) is 15.4. The molecule has 2 aromatic heterocycles. The number of carbonyl (C=O) groups is 1. The third-order valence-corrected chi connectivity index (χ3v) is 5.05. The zero-order valence-corrected chi connectivity index (χ0v) is 13.8. The van der Waals surface area contributed by atoms with E-state index in [9.17, 15) is 4.79 Å². The summed E-state index contributed by atoms with van der Waals surface area (Å²) in [7, 11) is 0. The lowest BCUT2D eigenvalue weighted by molar-refractivity contribution is 0.0944. The van der Waals surface area contributed by atoms with Crippen LogP contribution in [-0.2, 0) is 0 Å². The SMILES string of the molecule is Cc1cnc(C(C)NC(=O)c2cc(C)c(C#CCN)s2)s1. The Hall–Kier alpha value is -1.68. The maximum atomic E-state index is 12.3. The Morgan fingerprint density at radius 2 is 2.24 bits per heavy atom. The fourth-order valence-corrected chi connectivity index (χ4v) is 3.48. The average Bonchev–Trinajstić information content (AvgIpc) is 3.03. The summed E-state index contributed by atoms with van der Waals surface area (Å²) in [6.45, 7) is 6.20. The highest BCUT2D eigenvalue weighted by molar-refractivity contribution is 7.14. The lowest BCUT2D eigenvalue weighted by atomic mass is 10.2. The number of thiazole rings is 1. The summed E-state index contributed by atoms with van der Waals surface area (Å²) >= 11 is 2.99. The van der Waals surface area contributed by atoms with Crippen molar-refractivity contribution < 1.29 is 4.79 Å². The van der Waals surface area contributed by atoms with Crippen LogP contribution in [0.15, 0.2) is 12.3 Å². The first-order chi connectivity index (χ1) is 10.0. The second-order valence-corrected chi connectivity index (χ2v) is 6.95. The molecule has 0 bridgehead atoms. The van der Waals surface area contributed by atoms with Crippen LogP contribution < -0.4 is 11.1 Å². The van der Waals surface area contributed by atoms with E-state index in [1.54, 1.807) is 11.3 Å². The van der Waals surface area contributed by atoms with E-state index >= 15 is 0 Å². The van der Waals surface area contributed by atoms with Crippen LogP contribution in [0.25, 0.3) is 0 Å².